The van der Waals surface area contributed by atoms with Crippen LogP contribution in [-0.2, 0) is 9.59 Å². The summed E-state index contributed by atoms with van der Waals surface area (Å²) in [6.07, 6.45) is 4.96. The van der Waals surface area contributed by atoms with Gasteiger partial charge in [0, 0.05) is 29.8 Å². The molecule has 0 heterocycles. The zero-order valence-electron chi connectivity index (χ0n) is 18.7. The number of anilines is 1. The molecule has 2 rings (SSSR count). The number of amides is 2. The van der Waals surface area contributed by atoms with Crippen LogP contribution in [0.25, 0.3) is 22.6 Å². The molecule has 2 amide bonds. The molecule has 9 heteroatoms. The molecule has 0 atom stereocenters. The van der Waals surface area contributed by atoms with E-state index in [1.54, 1.807) is 18.2 Å². The van der Waals surface area contributed by atoms with Gasteiger partial charge in [0.2, 0.25) is 5.91 Å². The van der Waals surface area contributed by atoms with Crippen molar-refractivity contribution in [2.45, 2.75) is 19.8 Å². The van der Waals surface area contributed by atoms with E-state index in [9.17, 15) is 9.59 Å². The van der Waals surface area contributed by atoms with E-state index in [1.807, 2.05) is 48.2 Å². The molecule has 1 N–H and O–H groups in total. The van der Waals surface area contributed by atoms with Crippen molar-refractivity contribution < 1.29 is 9.59 Å². The third-order valence-corrected chi connectivity index (χ3v) is 4.76. The number of hydrogen-bond acceptors (Lipinski definition) is 5. The summed E-state index contributed by atoms with van der Waals surface area (Å²) in [6.45, 7) is 2.79. The summed E-state index contributed by atoms with van der Waals surface area (Å²) in [4.78, 5) is 29.1. The summed E-state index contributed by atoms with van der Waals surface area (Å²) >= 11 is 0. The molecule has 0 saturated heterocycles. The highest BCUT2D eigenvalue weighted by Gasteiger charge is 2.13. The fourth-order valence-electron chi connectivity index (χ4n) is 3.07. The normalized spacial score (nSPS) is 10.6. The van der Waals surface area contributed by atoms with Crippen LogP contribution >= 0.6 is 0 Å². The number of carbonyl (C=O) groups is 2. The van der Waals surface area contributed by atoms with Crippen molar-refractivity contribution in [3.8, 4) is 12.1 Å². The molecule has 9 nitrogen and oxygen atoms in total. The van der Waals surface area contributed by atoms with E-state index in [2.05, 4.69) is 27.5 Å². The topological polar surface area (TPSA) is 146 Å². The van der Waals surface area contributed by atoms with Gasteiger partial charge in [-0.3, -0.25) is 9.59 Å². The first kappa shape index (κ1) is 25.4. The summed E-state index contributed by atoms with van der Waals surface area (Å²) in [5.74, 6) is -1.47. The highest BCUT2D eigenvalue weighted by molar-refractivity contribution is 6.04. The number of aryl methyl sites for hydroxylation is 1. The van der Waals surface area contributed by atoms with Crippen molar-refractivity contribution in [2.24, 2.45) is 5.11 Å². The molecule has 34 heavy (non-hydrogen) atoms. The number of hydrogen-bond donors (Lipinski definition) is 1. The van der Waals surface area contributed by atoms with Gasteiger partial charge in [-0.2, -0.15) is 10.5 Å². The first-order valence-electron chi connectivity index (χ1n) is 10.4. The van der Waals surface area contributed by atoms with E-state index < -0.39 is 11.8 Å². The highest BCUT2D eigenvalue weighted by Crippen LogP contribution is 2.22. The maximum Gasteiger partial charge on any atom is 0.265 e. The second kappa shape index (κ2) is 13.5. The Bertz CT molecular complexity index is 1200. The van der Waals surface area contributed by atoms with Crippen LogP contribution < -0.4 is 10.2 Å². The van der Waals surface area contributed by atoms with Crippen molar-refractivity contribution in [1.29, 1.82) is 10.5 Å². The van der Waals surface area contributed by atoms with Crippen molar-refractivity contribution in [1.82, 2.24) is 5.32 Å². The van der Waals surface area contributed by atoms with E-state index in [0.717, 1.165) is 16.8 Å². The lowest BCUT2D eigenvalue weighted by Crippen LogP contribution is -2.25. The number of nitriles is 2. The van der Waals surface area contributed by atoms with E-state index in [-0.39, 0.29) is 5.70 Å². The van der Waals surface area contributed by atoms with Crippen LogP contribution in [0.15, 0.2) is 65.4 Å². The third-order valence-electron chi connectivity index (χ3n) is 4.76. The van der Waals surface area contributed by atoms with Gasteiger partial charge in [-0.05, 0) is 58.5 Å². The predicted octanol–water partition coefficient (Wildman–Crippen LogP) is 4.64. The molecule has 0 fully saturated rings. The van der Waals surface area contributed by atoms with Crippen molar-refractivity contribution in [3.05, 3.63) is 87.4 Å². The molecule has 0 aliphatic rings. The number of nitrogens with zero attached hydrogens (tertiary/aromatic N) is 6. The van der Waals surface area contributed by atoms with Crippen LogP contribution in [0, 0.1) is 29.6 Å². The zero-order chi connectivity index (χ0) is 24.8. The van der Waals surface area contributed by atoms with Gasteiger partial charge in [0.05, 0.1) is 30.7 Å². The fraction of sp³-hybridized carbons (Fsp3) is 0.200. The Morgan fingerprint density at radius 2 is 1.79 bits per heavy atom. The molecule has 170 valence electrons. The van der Waals surface area contributed by atoms with Crippen molar-refractivity contribution in [3.63, 3.8) is 0 Å². The molecule has 0 saturated carbocycles. The summed E-state index contributed by atoms with van der Waals surface area (Å²) < 4.78 is 0. The predicted molar refractivity (Wildman–Crippen MR) is 130 cm³/mol. The van der Waals surface area contributed by atoms with Crippen molar-refractivity contribution in [2.75, 3.05) is 18.0 Å². The average Bonchev–Trinajstić information content (AvgIpc) is 2.84. The summed E-state index contributed by atoms with van der Waals surface area (Å²) in [5, 5.41) is 23.4. The Morgan fingerprint density at radius 1 is 1.12 bits per heavy atom. The fourth-order valence-corrected chi connectivity index (χ4v) is 3.07. The van der Waals surface area contributed by atoms with Crippen LogP contribution in [0.3, 0.4) is 0 Å². The van der Waals surface area contributed by atoms with Gasteiger partial charge in [-0.1, -0.05) is 36.4 Å². The molecule has 0 unspecified atom stereocenters. The third kappa shape index (κ3) is 8.01. The van der Waals surface area contributed by atoms with Crippen molar-refractivity contribution >= 4 is 29.7 Å². The Balaban J connectivity index is 2.29. The number of rotatable bonds is 10. The zero-order valence-corrected chi connectivity index (χ0v) is 18.7. The first-order valence-corrected chi connectivity index (χ1v) is 10.4. The quantitative estimate of drug-likeness (QED) is 0.241. The minimum absolute atomic E-state index is 0.165. The first-order chi connectivity index (χ1) is 16.5. The van der Waals surface area contributed by atoms with Crippen LogP contribution in [0.1, 0.15) is 29.5 Å². The number of nitrogens with one attached hydrogen (secondary N) is 1. The Labute approximate surface area is 197 Å². The van der Waals surface area contributed by atoms with E-state index in [4.69, 9.17) is 16.1 Å². The van der Waals surface area contributed by atoms with E-state index in [0.29, 0.717) is 31.5 Å². The molecular weight excluding hydrogens is 430 g/mol. The van der Waals surface area contributed by atoms with Crippen LogP contribution in [-0.4, -0.2) is 24.9 Å². The lowest BCUT2D eigenvalue weighted by molar-refractivity contribution is -0.119. The van der Waals surface area contributed by atoms with Gasteiger partial charge in [0.15, 0.2) is 0 Å². The standard InChI is InChI=1S/C25H23N7O2/c1-19-17-22(32(15-5-13-26)16-6-14-27)11-10-21(19)18-23(25(34)30-31-28)29-24(33)12-9-20-7-3-2-4-8-20/h2-4,7-12,17-18H,5-6,15-16H2,1H3,(H,29,33). The summed E-state index contributed by atoms with van der Waals surface area (Å²) in [7, 11) is 0. The monoisotopic (exact) mass is 453 g/mol. The second-order valence-corrected chi connectivity index (χ2v) is 7.13. The Kier molecular flexibility index (Phi) is 10.1. The molecule has 2 aromatic rings. The Hall–Kier alpha value is -4.85. The van der Waals surface area contributed by atoms with Gasteiger partial charge < -0.3 is 10.2 Å². The lowest BCUT2D eigenvalue weighted by Gasteiger charge is -2.23. The van der Waals surface area contributed by atoms with Gasteiger partial charge >= 0.3 is 0 Å². The average molecular weight is 454 g/mol. The lowest BCUT2D eigenvalue weighted by atomic mass is 10.1. The summed E-state index contributed by atoms with van der Waals surface area (Å²) in [5.41, 5.74) is 11.6. The summed E-state index contributed by atoms with van der Waals surface area (Å²) in [6, 6.07) is 18.8. The molecule has 0 aromatic heterocycles. The van der Waals surface area contributed by atoms with Gasteiger partial charge in [-0.15, -0.1) is 0 Å². The molecule has 0 aliphatic heterocycles. The second-order valence-electron chi connectivity index (χ2n) is 7.13. The molecular formula is C25H23N7O2. The largest absolute Gasteiger partial charge is 0.369 e. The molecule has 0 bridgehead atoms. The van der Waals surface area contributed by atoms with Crippen LogP contribution in [0.4, 0.5) is 5.69 Å². The minimum Gasteiger partial charge on any atom is -0.369 e. The Morgan fingerprint density at radius 3 is 2.38 bits per heavy atom. The smallest absolute Gasteiger partial charge is 0.265 e. The maximum absolute atomic E-state index is 12.4. The minimum atomic E-state index is -0.919. The number of azide groups is 1. The SMILES string of the molecule is Cc1cc(N(CCC#N)CCC#N)ccc1C=C(NC(=O)C=Cc1ccccc1)C(=O)N=[N+]=[N-]. The van der Waals surface area contributed by atoms with Crippen LogP contribution in [0.5, 0.6) is 0 Å². The number of carbonyl (C=O) groups excluding carboxylic acids is 2. The molecule has 0 radical (unpaired) electrons. The molecule has 0 spiro atoms. The van der Waals surface area contributed by atoms with Gasteiger partial charge in [-0.25, -0.2) is 0 Å². The van der Waals surface area contributed by atoms with Crippen LogP contribution in [0.2, 0.25) is 0 Å². The van der Waals surface area contributed by atoms with Gasteiger partial charge in [0.25, 0.3) is 5.91 Å². The highest BCUT2D eigenvalue weighted by atomic mass is 16.2. The maximum atomic E-state index is 12.4. The molecule has 2 aromatic carbocycles. The number of benzene rings is 2. The van der Waals surface area contributed by atoms with Gasteiger partial charge in [0.1, 0.15) is 0 Å². The van der Waals surface area contributed by atoms with E-state index in [1.165, 1.54) is 12.2 Å². The van der Waals surface area contributed by atoms with E-state index >= 15 is 0 Å². The molecule has 0 aliphatic carbocycles.